The number of amides is 1. The second-order valence-corrected chi connectivity index (χ2v) is 6.96. The van der Waals surface area contributed by atoms with Crippen molar-refractivity contribution >= 4 is 12.1 Å². The first-order valence-electron chi connectivity index (χ1n) is 8.61. The number of nitrogens with zero attached hydrogens (tertiary/aromatic N) is 1. The van der Waals surface area contributed by atoms with Crippen LogP contribution in [0.15, 0.2) is 47.6 Å². The number of carbonyl (C=O) groups excluding carboxylic acids is 1. The van der Waals surface area contributed by atoms with Crippen molar-refractivity contribution in [2.45, 2.75) is 26.2 Å². The van der Waals surface area contributed by atoms with Crippen molar-refractivity contribution in [3.63, 3.8) is 0 Å². The van der Waals surface area contributed by atoms with Crippen LogP contribution in [0.4, 0.5) is 0 Å². The Morgan fingerprint density at radius 1 is 1.04 bits per heavy atom. The fourth-order valence-corrected chi connectivity index (χ4v) is 2.35. The second-order valence-electron chi connectivity index (χ2n) is 6.96. The maximum absolute atomic E-state index is 11.9. The summed E-state index contributed by atoms with van der Waals surface area (Å²) in [5, 5.41) is 3.94. The van der Waals surface area contributed by atoms with E-state index in [-0.39, 0.29) is 17.9 Å². The number of hydrazone groups is 1. The summed E-state index contributed by atoms with van der Waals surface area (Å²) in [6.45, 7) is 6.31. The van der Waals surface area contributed by atoms with Crippen LogP contribution in [-0.2, 0) is 10.2 Å². The molecule has 0 spiro atoms. The Kier molecular flexibility index (Phi) is 6.82. The van der Waals surface area contributed by atoms with Crippen LogP contribution in [0.3, 0.4) is 0 Å². The van der Waals surface area contributed by atoms with E-state index < -0.39 is 0 Å². The summed E-state index contributed by atoms with van der Waals surface area (Å²) < 4.78 is 15.9. The van der Waals surface area contributed by atoms with E-state index >= 15 is 0 Å². The van der Waals surface area contributed by atoms with Crippen molar-refractivity contribution in [1.29, 1.82) is 0 Å². The molecule has 2 aromatic carbocycles. The van der Waals surface area contributed by atoms with E-state index in [1.807, 2.05) is 24.3 Å². The SMILES string of the molecule is COc1ccc(OC)c(/C=N\NC(=O)COc2ccc(C(C)(C)C)cc2)c1. The minimum atomic E-state index is -0.354. The Labute approximate surface area is 160 Å². The summed E-state index contributed by atoms with van der Waals surface area (Å²) in [5.74, 6) is 1.58. The minimum absolute atomic E-state index is 0.0752. The van der Waals surface area contributed by atoms with Crippen LogP contribution < -0.4 is 19.6 Å². The molecule has 0 aliphatic heterocycles. The van der Waals surface area contributed by atoms with Gasteiger partial charge in [0.2, 0.25) is 0 Å². The molecule has 0 fully saturated rings. The first-order chi connectivity index (χ1) is 12.8. The predicted octanol–water partition coefficient (Wildman–Crippen LogP) is 3.53. The quantitative estimate of drug-likeness (QED) is 0.598. The summed E-state index contributed by atoms with van der Waals surface area (Å²) in [4.78, 5) is 11.9. The smallest absolute Gasteiger partial charge is 0.277 e. The normalized spacial score (nSPS) is 11.3. The van der Waals surface area contributed by atoms with Crippen LogP contribution in [0.2, 0.25) is 0 Å². The molecule has 0 saturated heterocycles. The van der Waals surface area contributed by atoms with Gasteiger partial charge in [0.05, 0.1) is 20.4 Å². The van der Waals surface area contributed by atoms with E-state index in [1.54, 1.807) is 32.4 Å². The van der Waals surface area contributed by atoms with Gasteiger partial charge in [-0.05, 0) is 41.3 Å². The first-order valence-corrected chi connectivity index (χ1v) is 8.61. The van der Waals surface area contributed by atoms with Gasteiger partial charge in [-0.2, -0.15) is 5.10 Å². The molecule has 1 N–H and O–H groups in total. The molecule has 2 aromatic rings. The van der Waals surface area contributed by atoms with Crippen LogP contribution in [0, 0.1) is 0 Å². The van der Waals surface area contributed by atoms with Crippen LogP contribution in [0.1, 0.15) is 31.9 Å². The molecular formula is C21H26N2O4. The van der Waals surface area contributed by atoms with Gasteiger partial charge in [0.25, 0.3) is 5.91 Å². The van der Waals surface area contributed by atoms with Crippen molar-refractivity contribution in [3.05, 3.63) is 53.6 Å². The van der Waals surface area contributed by atoms with Crippen LogP contribution in [-0.4, -0.2) is 32.9 Å². The third kappa shape index (κ3) is 6.02. The molecule has 0 aliphatic rings. The van der Waals surface area contributed by atoms with E-state index in [0.717, 1.165) is 0 Å². The molecule has 6 heteroatoms. The molecule has 0 aliphatic carbocycles. The highest BCUT2D eigenvalue weighted by Crippen LogP contribution is 2.24. The lowest BCUT2D eigenvalue weighted by Gasteiger charge is -2.19. The zero-order valence-electron chi connectivity index (χ0n) is 16.4. The fourth-order valence-electron chi connectivity index (χ4n) is 2.35. The third-order valence-corrected chi connectivity index (χ3v) is 3.92. The van der Waals surface area contributed by atoms with Crippen molar-refractivity contribution in [3.8, 4) is 17.2 Å². The molecule has 27 heavy (non-hydrogen) atoms. The number of nitrogens with one attached hydrogen (secondary N) is 1. The predicted molar refractivity (Wildman–Crippen MR) is 106 cm³/mol. The van der Waals surface area contributed by atoms with Crippen molar-refractivity contribution < 1.29 is 19.0 Å². The highest BCUT2D eigenvalue weighted by atomic mass is 16.5. The van der Waals surface area contributed by atoms with Gasteiger partial charge in [0.15, 0.2) is 6.61 Å². The number of rotatable bonds is 7. The molecule has 2 rings (SSSR count). The van der Waals surface area contributed by atoms with Gasteiger partial charge >= 0.3 is 0 Å². The Hall–Kier alpha value is -3.02. The topological polar surface area (TPSA) is 69.2 Å². The lowest BCUT2D eigenvalue weighted by atomic mass is 9.87. The highest BCUT2D eigenvalue weighted by molar-refractivity contribution is 5.86. The molecule has 0 bridgehead atoms. The van der Waals surface area contributed by atoms with Gasteiger partial charge in [-0.1, -0.05) is 32.9 Å². The summed E-state index contributed by atoms with van der Waals surface area (Å²) in [7, 11) is 3.15. The lowest BCUT2D eigenvalue weighted by molar-refractivity contribution is -0.123. The number of methoxy groups -OCH3 is 2. The molecule has 0 saturated carbocycles. The number of hydrogen-bond donors (Lipinski definition) is 1. The van der Waals surface area contributed by atoms with Gasteiger partial charge in [0, 0.05) is 5.56 Å². The maximum Gasteiger partial charge on any atom is 0.277 e. The van der Waals surface area contributed by atoms with Gasteiger partial charge in [-0.15, -0.1) is 0 Å². The van der Waals surface area contributed by atoms with Crippen LogP contribution in [0.5, 0.6) is 17.2 Å². The summed E-state index contributed by atoms with van der Waals surface area (Å²) in [5.41, 5.74) is 4.41. The van der Waals surface area contributed by atoms with Crippen molar-refractivity contribution in [2.75, 3.05) is 20.8 Å². The van der Waals surface area contributed by atoms with Gasteiger partial charge in [-0.25, -0.2) is 5.43 Å². The van der Waals surface area contributed by atoms with E-state index in [0.29, 0.717) is 22.8 Å². The Morgan fingerprint density at radius 2 is 1.70 bits per heavy atom. The number of ether oxygens (including phenoxy) is 3. The van der Waals surface area contributed by atoms with E-state index in [9.17, 15) is 4.79 Å². The Morgan fingerprint density at radius 3 is 2.30 bits per heavy atom. The third-order valence-electron chi connectivity index (χ3n) is 3.92. The van der Waals surface area contributed by atoms with Gasteiger partial charge in [-0.3, -0.25) is 4.79 Å². The maximum atomic E-state index is 11.9. The van der Waals surface area contributed by atoms with E-state index in [2.05, 4.69) is 31.3 Å². The highest BCUT2D eigenvalue weighted by Gasteiger charge is 2.13. The summed E-state index contributed by atoms with van der Waals surface area (Å²) in [6, 6.07) is 13.0. The number of hydrogen-bond acceptors (Lipinski definition) is 5. The van der Waals surface area contributed by atoms with Gasteiger partial charge in [0.1, 0.15) is 17.2 Å². The van der Waals surface area contributed by atoms with Gasteiger partial charge < -0.3 is 14.2 Å². The molecule has 0 heterocycles. The average Bonchev–Trinajstić information content (AvgIpc) is 2.66. The second kappa shape index (κ2) is 9.07. The largest absolute Gasteiger partial charge is 0.497 e. The molecule has 0 atom stereocenters. The summed E-state index contributed by atoms with van der Waals surface area (Å²) in [6.07, 6.45) is 1.50. The zero-order valence-corrected chi connectivity index (χ0v) is 16.4. The Bertz CT molecular complexity index is 793. The number of benzene rings is 2. The lowest BCUT2D eigenvalue weighted by Crippen LogP contribution is -2.24. The minimum Gasteiger partial charge on any atom is -0.497 e. The van der Waals surface area contributed by atoms with Crippen LogP contribution >= 0.6 is 0 Å². The average molecular weight is 370 g/mol. The van der Waals surface area contributed by atoms with Crippen LogP contribution in [0.25, 0.3) is 0 Å². The molecular weight excluding hydrogens is 344 g/mol. The monoisotopic (exact) mass is 370 g/mol. The zero-order chi connectivity index (χ0) is 19.9. The Balaban J connectivity index is 1.88. The fraction of sp³-hybridized carbons (Fsp3) is 0.333. The van der Waals surface area contributed by atoms with E-state index in [4.69, 9.17) is 14.2 Å². The molecule has 0 aromatic heterocycles. The van der Waals surface area contributed by atoms with Crippen molar-refractivity contribution in [1.82, 2.24) is 5.43 Å². The standard InChI is InChI=1S/C21H26N2O4/c1-21(2,3)16-6-8-17(9-7-16)27-14-20(24)23-22-13-15-12-18(25-4)10-11-19(15)26-5/h6-13H,14H2,1-5H3,(H,23,24)/b22-13-. The molecule has 1 amide bonds. The number of carbonyl (C=O) groups is 1. The first kappa shape index (κ1) is 20.3. The van der Waals surface area contributed by atoms with Crippen molar-refractivity contribution in [2.24, 2.45) is 5.10 Å². The molecule has 6 nitrogen and oxygen atoms in total. The molecule has 0 unspecified atom stereocenters. The summed E-state index contributed by atoms with van der Waals surface area (Å²) >= 11 is 0. The van der Waals surface area contributed by atoms with E-state index in [1.165, 1.54) is 11.8 Å². The molecule has 144 valence electrons. The molecule has 0 radical (unpaired) electrons.